The Morgan fingerprint density at radius 1 is 1.30 bits per heavy atom. The molecule has 0 bridgehead atoms. The molecule has 1 fully saturated rings. The highest BCUT2D eigenvalue weighted by atomic mass is 32.2. The minimum Gasteiger partial charge on any atom is -0.346 e. The number of hydrogen-bond donors (Lipinski definition) is 2. The molecule has 23 heavy (non-hydrogen) atoms. The summed E-state index contributed by atoms with van der Waals surface area (Å²) in [5.74, 6) is -0.783. The third-order valence-corrected chi connectivity index (χ3v) is 5.40. The number of amides is 2. The molecule has 2 aliphatic rings. The Labute approximate surface area is 133 Å². The van der Waals surface area contributed by atoms with Gasteiger partial charge in [-0.25, -0.2) is 13.4 Å². The Bertz CT molecular complexity index is 760. The van der Waals surface area contributed by atoms with Crippen molar-refractivity contribution in [3.8, 4) is 0 Å². The molecule has 0 radical (unpaired) electrons. The summed E-state index contributed by atoms with van der Waals surface area (Å²) in [5.41, 5.74) is 3.28. The van der Waals surface area contributed by atoms with E-state index in [1.807, 2.05) is 6.07 Å². The highest BCUT2D eigenvalue weighted by molar-refractivity contribution is 7.91. The lowest BCUT2D eigenvalue weighted by atomic mass is 10.2. The predicted octanol–water partition coefficient (Wildman–Crippen LogP) is -0.760. The molecule has 0 saturated carbocycles. The molecule has 0 aliphatic carbocycles. The van der Waals surface area contributed by atoms with Gasteiger partial charge in [-0.3, -0.25) is 20.0 Å². The van der Waals surface area contributed by atoms with Crippen LogP contribution in [0.15, 0.2) is 35.3 Å². The molecule has 3 rings (SSSR count). The number of amidine groups is 1. The molecule has 2 aliphatic heterocycles. The predicted molar refractivity (Wildman–Crippen MR) is 84.6 cm³/mol. The number of sulfone groups is 1. The van der Waals surface area contributed by atoms with Crippen LogP contribution < -0.4 is 15.8 Å². The highest BCUT2D eigenvalue weighted by Crippen LogP contribution is 2.14. The number of anilines is 1. The molecule has 0 unspecified atom stereocenters. The van der Waals surface area contributed by atoms with Crippen LogP contribution in [0.2, 0.25) is 0 Å². The molecule has 9 heteroatoms. The number of benzene rings is 1. The van der Waals surface area contributed by atoms with Gasteiger partial charge in [0.05, 0.1) is 17.2 Å². The molecule has 0 aromatic heterocycles. The summed E-state index contributed by atoms with van der Waals surface area (Å²) in [6, 6.07) is 8.42. The van der Waals surface area contributed by atoms with Crippen LogP contribution in [0.3, 0.4) is 0 Å². The zero-order valence-corrected chi connectivity index (χ0v) is 13.0. The molecular weight excluding hydrogens is 320 g/mol. The van der Waals surface area contributed by atoms with E-state index in [1.165, 1.54) is 5.01 Å². The third kappa shape index (κ3) is 3.50. The van der Waals surface area contributed by atoms with E-state index in [4.69, 9.17) is 0 Å². The van der Waals surface area contributed by atoms with Gasteiger partial charge < -0.3 is 5.32 Å². The average Bonchev–Trinajstić information content (AvgIpc) is 2.87. The van der Waals surface area contributed by atoms with Gasteiger partial charge in [0, 0.05) is 6.04 Å². The van der Waals surface area contributed by atoms with Gasteiger partial charge in [-0.2, -0.15) is 0 Å². The normalized spacial score (nSPS) is 23.1. The maximum Gasteiger partial charge on any atom is 0.288 e. The fourth-order valence-electron chi connectivity index (χ4n) is 2.49. The lowest BCUT2D eigenvalue weighted by Gasteiger charge is -2.28. The van der Waals surface area contributed by atoms with Crippen molar-refractivity contribution in [2.75, 3.05) is 23.1 Å². The molecule has 1 aromatic rings. The first-order valence-corrected chi connectivity index (χ1v) is 8.97. The summed E-state index contributed by atoms with van der Waals surface area (Å²) in [5, 5.41) is 3.90. The van der Waals surface area contributed by atoms with Crippen molar-refractivity contribution in [3.05, 3.63) is 30.3 Å². The van der Waals surface area contributed by atoms with Crippen LogP contribution in [0, 0.1) is 0 Å². The summed E-state index contributed by atoms with van der Waals surface area (Å²) in [4.78, 5) is 28.1. The van der Waals surface area contributed by atoms with Gasteiger partial charge in [0.1, 0.15) is 6.54 Å². The van der Waals surface area contributed by atoms with Gasteiger partial charge in [0.25, 0.3) is 11.8 Å². The second kappa shape index (κ2) is 5.99. The van der Waals surface area contributed by atoms with E-state index in [0.717, 1.165) is 0 Å². The Morgan fingerprint density at radius 2 is 2.04 bits per heavy atom. The van der Waals surface area contributed by atoms with E-state index >= 15 is 0 Å². The van der Waals surface area contributed by atoms with Crippen molar-refractivity contribution in [1.82, 2.24) is 10.7 Å². The topological polar surface area (TPSA) is 108 Å². The van der Waals surface area contributed by atoms with E-state index in [2.05, 4.69) is 15.7 Å². The molecule has 1 saturated heterocycles. The molecule has 8 nitrogen and oxygen atoms in total. The van der Waals surface area contributed by atoms with Gasteiger partial charge in [-0.05, 0) is 18.6 Å². The quantitative estimate of drug-likeness (QED) is 0.754. The summed E-state index contributed by atoms with van der Waals surface area (Å²) in [6.07, 6.45) is 0.392. The van der Waals surface area contributed by atoms with E-state index in [1.54, 1.807) is 24.3 Å². The molecule has 2 amide bonds. The average molecular weight is 336 g/mol. The summed E-state index contributed by atoms with van der Waals surface area (Å²) >= 11 is 0. The number of hydrazine groups is 1. The van der Waals surface area contributed by atoms with Crippen molar-refractivity contribution in [3.63, 3.8) is 0 Å². The second-order valence-corrected chi connectivity index (χ2v) is 7.64. The van der Waals surface area contributed by atoms with Crippen LogP contribution in [0.1, 0.15) is 6.42 Å². The molecular formula is C14H16N4O4S. The first kappa shape index (κ1) is 15.5. The van der Waals surface area contributed by atoms with Gasteiger partial charge in [-0.15, -0.1) is 0 Å². The van der Waals surface area contributed by atoms with Crippen LogP contribution in [0.4, 0.5) is 5.69 Å². The lowest BCUT2D eigenvalue weighted by Crippen LogP contribution is -2.56. The lowest BCUT2D eigenvalue weighted by molar-refractivity contribution is -0.118. The van der Waals surface area contributed by atoms with Crippen molar-refractivity contribution in [1.29, 1.82) is 0 Å². The number of carbonyl (C=O) groups is 2. The Kier molecular flexibility index (Phi) is 4.03. The Morgan fingerprint density at radius 3 is 2.70 bits per heavy atom. The van der Waals surface area contributed by atoms with Crippen LogP contribution in [0.5, 0.6) is 0 Å². The van der Waals surface area contributed by atoms with Gasteiger partial charge in [0.15, 0.2) is 9.84 Å². The number of carbonyl (C=O) groups excluding carboxylic acids is 2. The second-order valence-electron chi connectivity index (χ2n) is 5.41. The molecule has 1 aromatic carbocycles. The van der Waals surface area contributed by atoms with E-state index in [9.17, 15) is 18.0 Å². The smallest absolute Gasteiger partial charge is 0.288 e. The fourth-order valence-corrected chi connectivity index (χ4v) is 4.17. The largest absolute Gasteiger partial charge is 0.346 e. The zero-order chi connectivity index (χ0) is 16.4. The monoisotopic (exact) mass is 336 g/mol. The van der Waals surface area contributed by atoms with Crippen LogP contribution >= 0.6 is 0 Å². The summed E-state index contributed by atoms with van der Waals surface area (Å²) in [6.45, 7) is -0.145. The molecule has 1 atom stereocenters. The SMILES string of the molecule is O=C(N[C@H]1CCS(=O)(=O)C1)C1=NCC(=O)N(c2ccccc2)N1. The van der Waals surface area contributed by atoms with E-state index in [0.29, 0.717) is 12.1 Å². The van der Waals surface area contributed by atoms with Crippen LogP contribution in [0.25, 0.3) is 0 Å². The number of aliphatic imine (C=N–C) groups is 1. The van der Waals surface area contributed by atoms with Crippen LogP contribution in [-0.2, 0) is 19.4 Å². The van der Waals surface area contributed by atoms with Crippen molar-refractivity contribution in [2.45, 2.75) is 12.5 Å². The van der Waals surface area contributed by atoms with Gasteiger partial charge in [-0.1, -0.05) is 18.2 Å². The van der Waals surface area contributed by atoms with E-state index < -0.39 is 21.8 Å². The Balaban J connectivity index is 1.68. The van der Waals surface area contributed by atoms with Gasteiger partial charge >= 0.3 is 0 Å². The maximum atomic E-state index is 12.2. The van der Waals surface area contributed by atoms with Crippen molar-refractivity contribution < 1.29 is 18.0 Å². The van der Waals surface area contributed by atoms with Crippen LogP contribution in [-0.4, -0.2) is 50.2 Å². The standard InChI is InChI=1S/C14H16N4O4S/c19-12-8-15-13(17-18(12)11-4-2-1-3-5-11)14(20)16-10-6-7-23(21,22)9-10/h1-5,10H,6-9H2,(H,15,17)(H,16,20)/t10-/m0/s1. The first-order chi connectivity index (χ1) is 10.9. The third-order valence-electron chi connectivity index (χ3n) is 3.64. The van der Waals surface area contributed by atoms with Crippen molar-refractivity contribution >= 4 is 33.2 Å². The van der Waals surface area contributed by atoms with Crippen molar-refractivity contribution in [2.24, 2.45) is 4.99 Å². The number of rotatable bonds is 3. The molecule has 2 N–H and O–H groups in total. The minimum atomic E-state index is -3.07. The van der Waals surface area contributed by atoms with Gasteiger partial charge in [0.2, 0.25) is 5.84 Å². The fraction of sp³-hybridized carbons (Fsp3) is 0.357. The number of nitrogens with zero attached hydrogens (tertiary/aromatic N) is 2. The number of hydrogen-bond acceptors (Lipinski definition) is 6. The van der Waals surface area contributed by atoms with E-state index in [-0.39, 0.29) is 29.8 Å². The first-order valence-electron chi connectivity index (χ1n) is 7.15. The number of para-hydroxylation sites is 1. The Hall–Kier alpha value is -2.42. The summed E-state index contributed by atoms with van der Waals surface area (Å²) in [7, 11) is -3.07. The molecule has 122 valence electrons. The molecule has 0 spiro atoms. The maximum absolute atomic E-state index is 12.2. The minimum absolute atomic E-state index is 0.00208. The molecule has 2 heterocycles. The summed E-state index contributed by atoms with van der Waals surface area (Å²) < 4.78 is 22.9. The highest BCUT2D eigenvalue weighted by Gasteiger charge is 2.31. The zero-order valence-electron chi connectivity index (χ0n) is 12.2. The number of nitrogens with one attached hydrogen (secondary N) is 2.